The first kappa shape index (κ1) is 16.3. The van der Waals surface area contributed by atoms with Gasteiger partial charge in [-0.1, -0.05) is 6.92 Å². The fourth-order valence-electron chi connectivity index (χ4n) is 1.46. The van der Waals surface area contributed by atoms with Crippen molar-refractivity contribution in [3.63, 3.8) is 0 Å². The highest BCUT2D eigenvalue weighted by molar-refractivity contribution is 8.00. The number of alkyl halides is 3. The zero-order chi connectivity index (χ0) is 15.5. The third kappa shape index (κ3) is 4.41. The van der Waals surface area contributed by atoms with Crippen LogP contribution in [0.1, 0.15) is 18.9 Å². The molecule has 0 aliphatic carbocycles. The maximum atomic E-state index is 12.9. The quantitative estimate of drug-likeness (QED) is 0.511. The molecular formula is C11H10F3NO4S. The number of nitro benzene ring substituents is 1. The topological polar surface area (TPSA) is 80.4 Å². The molecule has 1 aromatic rings. The largest absolute Gasteiger partial charge is 0.481 e. The predicted molar refractivity (Wildman–Crippen MR) is 65.7 cm³/mol. The molecule has 1 rings (SSSR count). The Bertz CT molecular complexity index is 533. The standard InChI is InChI=1S/C11H10F3NO4S/c1-6(4-10(16)17)20-9-3-2-7(15(18)19)5-8(9)11(12,13)14/h2-3,5-6H,4H2,1H3,(H,16,17). The Kier molecular flexibility index (Phi) is 4.98. The zero-order valence-corrected chi connectivity index (χ0v) is 11.0. The number of carboxylic acid groups (broad SMARTS) is 1. The molecule has 20 heavy (non-hydrogen) atoms. The molecule has 5 nitrogen and oxygen atoms in total. The number of carboxylic acids is 1. The van der Waals surface area contributed by atoms with Gasteiger partial charge in [-0.15, -0.1) is 11.8 Å². The summed E-state index contributed by atoms with van der Waals surface area (Å²) in [4.78, 5) is 19.9. The van der Waals surface area contributed by atoms with E-state index in [2.05, 4.69) is 0 Å². The minimum Gasteiger partial charge on any atom is -0.481 e. The van der Waals surface area contributed by atoms with E-state index in [4.69, 9.17) is 5.11 Å². The molecule has 1 N–H and O–H groups in total. The Morgan fingerprint density at radius 2 is 2.10 bits per heavy atom. The van der Waals surface area contributed by atoms with E-state index in [1.807, 2.05) is 0 Å². The fraction of sp³-hybridized carbons (Fsp3) is 0.364. The second kappa shape index (κ2) is 6.12. The van der Waals surface area contributed by atoms with Crippen molar-refractivity contribution in [2.75, 3.05) is 0 Å². The molecule has 0 saturated heterocycles. The van der Waals surface area contributed by atoms with Gasteiger partial charge in [-0.3, -0.25) is 14.9 Å². The summed E-state index contributed by atoms with van der Waals surface area (Å²) in [6, 6.07) is 2.41. The second-order valence-electron chi connectivity index (χ2n) is 3.96. The van der Waals surface area contributed by atoms with E-state index in [0.29, 0.717) is 6.07 Å². The van der Waals surface area contributed by atoms with Crippen molar-refractivity contribution in [1.29, 1.82) is 0 Å². The van der Waals surface area contributed by atoms with Gasteiger partial charge in [0.25, 0.3) is 5.69 Å². The smallest absolute Gasteiger partial charge is 0.417 e. The zero-order valence-electron chi connectivity index (χ0n) is 10.2. The van der Waals surface area contributed by atoms with E-state index in [1.165, 1.54) is 6.92 Å². The summed E-state index contributed by atoms with van der Waals surface area (Å²) < 4.78 is 38.6. The highest BCUT2D eigenvalue weighted by atomic mass is 32.2. The molecule has 0 saturated carbocycles. The van der Waals surface area contributed by atoms with Gasteiger partial charge < -0.3 is 5.11 Å². The van der Waals surface area contributed by atoms with E-state index in [9.17, 15) is 28.1 Å². The lowest BCUT2D eigenvalue weighted by molar-refractivity contribution is -0.385. The summed E-state index contributed by atoms with van der Waals surface area (Å²) in [6.45, 7) is 1.47. The number of nitro groups is 1. The van der Waals surface area contributed by atoms with Crippen LogP contribution in [0.25, 0.3) is 0 Å². The first-order valence-electron chi connectivity index (χ1n) is 5.35. The molecule has 0 bridgehead atoms. The van der Waals surface area contributed by atoms with Crippen LogP contribution in [0.4, 0.5) is 18.9 Å². The number of non-ortho nitro benzene ring substituents is 1. The summed E-state index contributed by atoms with van der Waals surface area (Å²) >= 11 is 0.722. The molecule has 0 aromatic heterocycles. The van der Waals surface area contributed by atoms with Gasteiger partial charge in [-0.25, -0.2) is 0 Å². The SMILES string of the molecule is CC(CC(=O)O)Sc1ccc([N+](=O)[O-])cc1C(F)(F)F. The van der Waals surface area contributed by atoms with Crippen LogP contribution in [0.2, 0.25) is 0 Å². The summed E-state index contributed by atoms with van der Waals surface area (Å²) in [5.41, 5.74) is -1.79. The number of rotatable bonds is 5. The lowest BCUT2D eigenvalue weighted by Crippen LogP contribution is -2.10. The lowest BCUT2D eigenvalue weighted by atomic mass is 10.2. The number of carbonyl (C=O) groups is 1. The Labute approximate surface area is 115 Å². The van der Waals surface area contributed by atoms with Crippen molar-refractivity contribution < 1.29 is 28.0 Å². The molecule has 9 heteroatoms. The fourth-order valence-corrected chi connectivity index (χ4v) is 2.57. The average Bonchev–Trinajstić information content (AvgIpc) is 2.26. The number of benzene rings is 1. The van der Waals surface area contributed by atoms with E-state index < -0.39 is 33.6 Å². The van der Waals surface area contributed by atoms with Crippen LogP contribution in [0.5, 0.6) is 0 Å². The van der Waals surface area contributed by atoms with Crippen LogP contribution in [0.3, 0.4) is 0 Å². The lowest BCUT2D eigenvalue weighted by Gasteiger charge is -2.14. The molecule has 1 atom stereocenters. The number of aliphatic carboxylic acids is 1. The molecule has 1 aromatic carbocycles. The van der Waals surface area contributed by atoms with Gasteiger partial charge in [-0.05, 0) is 6.07 Å². The van der Waals surface area contributed by atoms with E-state index >= 15 is 0 Å². The predicted octanol–water partition coefficient (Wildman–Crippen LogP) is 3.57. The minimum atomic E-state index is -4.74. The number of hydrogen-bond acceptors (Lipinski definition) is 4. The van der Waals surface area contributed by atoms with Crippen LogP contribution in [-0.4, -0.2) is 21.2 Å². The third-order valence-corrected chi connectivity index (χ3v) is 3.45. The van der Waals surface area contributed by atoms with Crippen molar-refractivity contribution in [2.24, 2.45) is 0 Å². The molecule has 0 spiro atoms. The van der Waals surface area contributed by atoms with E-state index in [0.717, 1.165) is 23.9 Å². The summed E-state index contributed by atoms with van der Waals surface area (Å²) in [7, 11) is 0. The molecular weight excluding hydrogens is 299 g/mol. The van der Waals surface area contributed by atoms with Crippen molar-refractivity contribution in [3.05, 3.63) is 33.9 Å². The van der Waals surface area contributed by atoms with Crippen molar-refractivity contribution in [1.82, 2.24) is 0 Å². The van der Waals surface area contributed by atoms with Crippen LogP contribution in [0.15, 0.2) is 23.1 Å². The first-order chi connectivity index (χ1) is 9.11. The van der Waals surface area contributed by atoms with Gasteiger partial charge in [0.15, 0.2) is 0 Å². The van der Waals surface area contributed by atoms with E-state index in [-0.39, 0.29) is 11.3 Å². The molecule has 0 radical (unpaired) electrons. The van der Waals surface area contributed by atoms with Crippen LogP contribution < -0.4 is 0 Å². The van der Waals surface area contributed by atoms with Crippen LogP contribution >= 0.6 is 11.8 Å². The van der Waals surface area contributed by atoms with Crippen LogP contribution in [0, 0.1) is 10.1 Å². The molecule has 0 amide bonds. The normalized spacial score (nSPS) is 13.0. The molecule has 110 valence electrons. The van der Waals surface area contributed by atoms with Gasteiger partial charge >= 0.3 is 12.1 Å². The maximum Gasteiger partial charge on any atom is 0.417 e. The second-order valence-corrected chi connectivity index (χ2v) is 5.44. The maximum absolute atomic E-state index is 12.9. The van der Waals surface area contributed by atoms with Crippen molar-refractivity contribution >= 4 is 23.4 Å². The Morgan fingerprint density at radius 3 is 2.55 bits per heavy atom. The molecule has 0 aliphatic rings. The van der Waals surface area contributed by atoms with Gasteiger partial charge in [0.05, 0.1) is 16.9 Å². The van der Waals surface area contributed by atoms with Gasteiger partial charge in [0.2, 0.25) is 0 Å². The molecule has 1 unspecified atom stereocenters. The average molecular weight is 309 g/mol. The molecule has 0 heterocycles. The number of hydrogen-bond donors (Lipinski definition) is 1. The van der Waals surface area contributed by atoms with Crippen LogP contribution in [-0.2, 0) is 11.0 Å². The van der Waals surface area contributed by atoms with Gasteiger partial charge in [0.1, 0.15) is 0 Å². The Hall–Kier alpha value is -1.77. The minimum absolute atomic E-state index is 0.225. The highest BCUT2D eigenvalue weighted by Crippen LogP contribution is 2.40. The third-order valence-electron chi connectivity index (χ3n) is 2.27. The monoisotopic (exact) mass is 309 g/mol. The Morgan fingerprint density at radius 1 is 1.50 bits per heavy atom. The summed E-state index contributed by atoms with van der Waals surface area (Å²) in [5, 5.41) is 18.5. The van der Waals surface area contributed by atoms with Crippen molar-refractivity contribution in [2.45, 2.75) is 29.7 Å². The number of halogens is 3. The Balaban J connectivity index is 3.12. The summed E-state index contributed by atoms with van der Waals surface area (Å²) in [5.74, 6) is -1.12. The van der Waals surface area contributed by atoms with Gasteiger partial charge in [-0.2, -0.15) is 13.2 Å². The number of nitrogens with zero attached hydrogens (tertiary/aromatic N) is 1. The van der Waals surface area contributed by atoms with Gasteiger partial charge in [0, 0.05) is 22.3 Å². The molecule has 0 aliphatic heterocycles. The van der Waals surface area contributed by atoms with E-state index in [1.54, 1.807) is 0 Å². The highest BCUT2D eigenvalue weighted by Gasteiger charge is 2.35. The molecule has 0 fully saturated rings. The van der Waals surface area contributed by atoms with Crippen molar-refractivity contribution in [3.8, 4) is 0 Å². The summed E-state index contributed by atoms with van der Waals surface area (Å²) in [6.07, 6.45) is -5.05. The number of thioether (sulfide) groups is 1. The first-order valence-corrected chi connectivity index (χ1v) is 6.23.